The zero-order chi connectivity index (χ0) is 16.8. The molecule has 1 saturated heterocycles. The van der Waals surface area contributed by atoms with Crippen LogP contribution in [0.2, 0.25) is 0 Å². The van der Waals surface area contributed by atoms with Gasteiger partial charge in [0.1, 0.15) is 5.75 Å². The molecule has 0 amide bonds. The van der Waals surface area contributed by atoms with Crippen LogP contribution in [0.5, 0.6) is 5.75 Å². The van der Waals surface area contributed by atoms with Crippen LogP contribution in [0, 0.1) is 0 Å². The Morgan fingerprint density at radius 3 is 2.83 bits per heavy atom. The minimum absolute atomic E-state index is 0.108. The number of aromatic nitrogens is 1. The topological polar surface area (TPSA) is 62.7 Å². The number of nitrogens with zero attached hydrogens (tertiary/aromatic N) is 2. The van der Waals surface area contributed by atoms with Crippen LogP contribution in [0.4, 0.5) is 0 Å². The van der Waals surface area contributed by atoms with Gasteiger partial charge in [0.05, 0.1) is 18.9 Å². The van der Waals surface area contributed by atoms with E-state index in [-0.39, 0.29) is 11.5 Å². The summed E-state index contributed by atoms with van der Waals surface area (Å²) < 4.78 is 5.33. The molecule has 24 heavy (non-hydrogen) atoms. The largest absolute Gasteiger partial charge is 0.508 e. The molecule has 0 atom stereocenters. The number of benzene rings is 1. The molecule has 2 aromatic rings. The second kappa shape index (κ2) is 7.86. The Morgan fingerprint density at radius 2 is 2.08 bits per heavy atom. The molecule has 124 valence electrons. The third-order valence-electron chi connectivity index (χ3n) is 3.95. The summed E-state index contributed by atoms with van der Waals surface area (Å²) in [7, 11) is 0. The number of pyridine rings is 1. The number of carbonyl (C=O) groups is 1. The number of hydrogen-bond acceptors (Lipinski definition) is 5. The Hall–Kier alpha value is -2.50. The average molecular weight is 324 g/mol. The quantitative estimate of drug-likeness (QED) is 0.676. The molecule has 0 aliphatic carbocycles. The van der Waals surface area contributed by atoms with Gasteiger partial charge in [0.25, 0.3) is 0 Å². The van der Waals surface area contributed by atoms with E-state index in [0.29, 0.717) is 25.3 Å². The minimum atomic E-state index is -0.108. The molecule has 3 rings (SSSR count). The van der Waals surface area contributed by atoms with Crippen LogP contribution in [0.3, 0.4) is 0 Å². The summed E-state index contributed by atoms with van der Waals surface area (Å²) in [6, 6.07) is 10.5. The summed E-state index contributed by atoms with van der Waals surface area (Å²) in [5.41, 5.74) is 2.05. The van der Waals surface area contributed by atoms with Crippen LogP contribution < -0.4 is 0 Å². The minimum Gasteiger partial charge on any atom is -0.508 e. The van der Waals surface area contributed by atoms with Crippen LogP contribution in [-0.4, -0.2) is 47.1 Å². The Labute approximate surface area is 141 Å². The van der Waals surface area contributed by atoms with Crippen LogP contribution in [-0.2, 0) is 11.3 Å². The molecule has 1 aliphatic heterocycles. The smallest absolute Gasteiger partial charge is 0.185 e. The summed E-state index contributed by atoms with van der Waals surface area (Å²) in [6.07, 6.45) is 4.88. The first kappa shape index (κ1) is 16.4. The van der Waals surface area contributed by atoms with Crippen LogP contribution in [0.25, 0.3) is 6.08 Å². The third-order valence-corrected chi connectivity index (χ3v) is 3.95. The van der Waals surface area contributed by atoms with Crippen molar-refractivity contribution in [2.45, 2.75) is 6.54 Å². The molecule has 0 bridgehead atoms. The maximum atomic E-state index is 12.3. The normalized spacial score (nSPS) is 15.7. The SMILES string of the molecule is O=C(/C=C/c1ccccn1)c1ccc(O)c(CN2CCOCC2)c1. The van der Waals surface area contributed by atoms with E-state index in [2.05, 4.69) is 9.88 Å². The second-order valence-electron chi connectivity index (χ2n) is 5.68. The Balaban J connectivity index is 1.72. The molecule has 1 fully saturated rings. The first-order valence-corrected chi connectivity index (χ1v) is 7.98. The van der Waals surface area contributed by atoms with Gasteiger partial charge in [-0.3, -0.25) is 14.7 Å². The number of carbonyl (C=O) groups excluding carboxylic acids is 1. The number of phenols is 1. The second-order valence-corrected chi connectivity index (χ2v) is 5.68. The maximum Gasteiger partial charge on any atom is 0.185 e. The molecular formula is C19H20N2O3. The lowest BCUT2D eigenvalue weighted by atomic mass is 10.0. The maximum absolute atomic E-state index is 12.3. The molecule has 0 spiro atoms. The van der Waals surface area contributed by atoms with Gasteiger partial charge < -0.3 is 9.84 Å². The number of rotatable bonds is 5. The van der Waals surface area contributed by atoms with Crippen molar-refractivity contribution in [3.63, 3.8) is 0 Å². The van der Waals surface area contributed by atoms with Gasteiger partial charge in [0, 0.05) is 37.0 Å². The predicted octanol–water partition coefficient (Wildman–Crippen LogP) is 2.52. The summed E-state index contributed by atoms with van der Waals surface area (Å²) in [5.74, 6) is 0.107. The summed E-state index contributed by atoms with van der Waals surface area (Å²) in [4.78, 5) is 18.7. The highest BCUT2D eigenvalue weighted by Gasteiger charge is 2.14. The highest BCUT2D eigenvalue weighted by atomic mass is 16.5. The molecule has 0 unspecified atom stereocenters. The lowest BCUT2D eigenvalue weighted by Gasteiger charge is -2.26. The van der Waals surface area contributed by atoms with Gasteiger partial charge in [-0.2, -0.15) is 0 Å². The van der Waals surface area contributed by atoms with E-state index in [1.165, 1.54) is 6.08 Å². The van der Waals surface area contributed by atoms with E-state index in [1.807, 2.05) is 18.2 Å². The third kappa shape index (κ3) is 4.28. The van der Waals surface area contributed by atoms with Crippen LogP contribution in [0.1, 0.15) is 21.6 Å². The zero-order valence-electron chi connectivity index (χ0n) is 13.4. The van der Waals surface area contributed by atoms with Gasteiger partial charge in [-0.1, -0.05) is 6.07 Å². The van der Waals surface area contributed by atoms with Crippen molar-refractivity contribution in [1.82, 2.24) is 9.88 Å². The fourth-order valence-electron chi connectivity index (χ4n) is 2.60. The first-order valence-electron chi connectivity index (χ1n) is 7.98. The Bertz CT molecular complexity index is 723. The summed E-state index contributed by atoms with van der Waals surface area (Å²) in [5, 5.41) is 10.1. The van der Waals surface area contributed by atoms with E-state index in [1.54, 1.807) is 30.5 Å². The number of hydrogen-bond donors (Lipinski definition) is 1. The van der Waals surface area contributed by atoms with Crippen molar-refractivity contribution in [1.29, 1.82) is 0 Å². The predicted molar refractivity (Wildman–Crippen MR) is 91.8 cm³/mol. The van der Waals surface area contributed by atoms with Crippen molar-refractivity contribution >= 4 is 11.9 Å². The average Bonchev–Trinajstić information content (AvgIpc) is 2.63. The molecule has 5 nitrogen and oxygen atoms in total. The van der Waals surface area contributed by atoms with E-state index in [9.17, 15) is 9.90 Å². The molecule has 2 heterocycles. The number of phenolic OH excluding ortho intramolecular Hbond substituents is 1. The van der Waals surface area contributed by atoms with Gasteiger partial charge in [-0.05, 0) is 42.5 Å². The Kier molecular flexibility index (Phi) is 5.36. The van der Waals surface area contributed by atoms with Crippen molar-refractivity contribution in [3.8, 4) is 5.75 Å². The van der Waals surface area contributed by atoms with Gasteiger partial charge in [-0.15, -0.1) is 0 Å². The lowest BCUT2D eigenvalue weighted by molar-refractivity contribution is 0.0339. The van der Waals surface area contributed by atoms with E-state index in [0.717, 1.165) is 24.3 Å². The van der Waals surface area contributed by atoms with E-state index in [4.69, 9.17) is 4.74 Å². The standard InChI is InChI=1S/C19H20N2O3/c22-18(7-5-17-3-1-2-8-20-17)15-4-6-19(23)16(13-15)14-21-9-11-24-12-10-21/h1-8,13,23H,9-12,14H2/b7-5+. The molecule has 0 radical (unpaired) electrons. The monoisotopic (exact) mass is 324 g/mol. The number of morpholine rings is 1. The zero-order valence-corrected chi connectivity index (χ0v) is 13.4. The van der Waals surface area contributed by atoms with Crippen molar-refractivity contribution in [3.05, 3.63) is 65.5 Å². The fourth-order valence-corrected chi connectivity index (χ4v) is 2.60. The molecule has 5 heteroatoms. The molecule has 1 aliphatic rings. The molecular weight excluding hydrogens is 304 g/mol. The van der Waals surface area contributed by atoms with E-state index < -0.39 is 0 Å². The molecule has 1 aromatic heterocycles. The van der Waals surface area contributed by atoms with Crippen LogP contribution in [0.15, 0.2) is 48.7 Å². The first-order chi connectivity index (χ1) is 11.7. The summed E-state index contributed by atoms with van der Waals surface area (Å²) >= 11 is 0. The number of aromatic hydroxyl groups is 1. The number of ether oxygens (including phenoxy) is 1. The molecule has 0 saturated carbocycles. The number of ketones is 1. The van der Waals surface area contributed by atoms with E-state index >= 15 is 0 Å². The van der Waals surface area contributed by atoms with Gasteiger partial charge in [0.2, 0.25) is 0 Å². The fraction of sp³-hybridized carbons (Fsp3) is 0.263. The Morgan fingerprint density at radius 1 is 1.25 bits per heavy atom. The number of allylic oxidation sites excluding steroid dienone is 1. The van der Waals surface area contributed by atoms with Crippen molar-refractivity contribution in [2.75, 3.05) is 26.3 Å². The molecule has 1 N–H and O–H groups in total. The lowest BCUT2D eigenvalue weighted by Crippen LogP contribution is -2.35. The van der Waals surface area contributed by atoms with Gasteiger partial charge >= 0.3 is 0 Å². The van der Waals surface area contributed by atoms with Crippen molar-refractivity contribution in [2.24, 2.45) is 0 Å². The summed E-state index contributed by atoms with van der Waals surface area (Å²) in [6.45, 7) is 3.67. The van der Waals surface area contributed by atoms with Gasteiger partial charge in [-0.25, -0.2) is 0 Å². The molecule has 1 aromatic carbocycles. The van der Waals surface area contributed by atoms with Gasteiger partial charge in [0.15, 0.2) is 5.78 Å². The highest BCUT2D eigenvalue weighted by molar-refractivity contribution is 6.06. The highest BCUT2D eigenvalue weighted by Crippen LogP contribution is 2.21. The van der Waals surface area contributed by atoms with Crippen molar-refractivity contribution < 1.29 is 14.6 Å². The van der Waals surface area contributed by atoms with Crippen LogP contribution >= 0.6 is 0 Å².